The van der Waals surface area contributed by atoms with E-state index in [1.807, 2.05) is 0 Å². The van der Waals surface area contributed by atoms with Crippen molar-refractivity contribution in [2.45, 2.75) is 25.4 Å². The molecule has 96 valence electrons. The van der Waals surface area contributed by atoms with Crippen molar-refractivity contribution in [1.82, 2.24) is 5.32 Å². The molecule has 0 spiro atoms. The maximum Gasteiger partial charge on any atom is 0.320 e. The van der Waals surface area contributed by atoms with Crippen LogP contribution in [0.4, 0.5) is 5.69 Å². The highest BCUT2D eigenvalue weighted by molar-refractivity contribution is 5.74. The molecule has 1 aliphatic rings. The van der Waals surface area contributed by atoms with E-state index in [9.17, 15) is 14.9 Å². The van der Waals surface area contributed by atoms with Gasteiger partial charge in [0, 0.05) is 18.7 Å². The van der Waals surface area contributed by atoms with Gasteiger partial charge in [-0.05, 0) is 24.3 Å². The summed E-state index contributed by atoms with van der Waals surface area (Å²) in [6, 6.07) is 5.60. The number of carboxylic acids is 1. The molecule has 0 bridgehead atoms. The van der Waals surface area contributed by atoms with Gasteiger partial charge in [-0.1, -0.05) is 12.1 Å². The van der Waals surface area contributed by atoms with Gasteiger partial charge in [0.15, 0.2) is 0 Å². The lowest BCUT2D eigenvalue weighted by Crippen LogP contribution is -2.38. The van der Waals surface area contributed by atoms with Crippen molar-refractivity contribution < 1.29 is 14.8 Å². The molecule has 1 atom stereocenters. The van der Waals surface area contributed by atoms with Crippen LogP contribution in [0.25, 0.3) is 0 Å². The molecule has 0 heterocycles. The van der Waals surface area contributed by atoms with Gasteiger partial charge in [-0.2, -0.15) is 0 Å². The number of rotatable bonds is 6. The quantitative estimate of drug-likeness (QED) is 0.590. The van der Waals surface area contributed by atoms with Crippen molar-refractivity contribution in [3.05, 3.63) is 39.9 Å². The fraction of sp³-hybridized carbons (Fsp3) is 0.417. The molecule has 2 N–H and O–H groups in total. The number of benzene rings is 1. The number of hydrogen-bond donors (Lipinski definition) is 2. The molecule has 6 heteroatoms. The predicted octanol–water partition coefficient (Wildman–Crippen LogP) is 1.55. The van der Waals surface area contributed by atoms with Gasteiger partial charge in [0.25, 0.3) is 5.69 Å². The van der Waals surface area contributed by atoms with E-state index in [0.29, 0.717) is 6.54 Å². The van der Waals surface area contributed by atoms with E-state index in [1.54, 1.807) is 12.1 Å². The van der Waals surface area contributed by atoms with Gasteiger partial charge in [-0.3, -0.25) is 14.9 Å². The van der Waals surface area contributed by atoms with Crippen LogP contribution in [0.1, 0.15) is 18.4 Å². The summed E-state index contributed by atoms with van der Waals surface area (Å²) in [6.07, 6.45) is 1.90. The van der Waals surface area contributed by atoms with E-state index < -0.39 is 16.9 Å². The summed E-state index contributed by atoms with van der Waals surface area (Å²) in [4.78, 5) is 21.0. The fourth-order valence-electron chi connectivity index (χ4n) is 1.85. The Kier molecular flexibility index (Phi) is 3.57. The number of nitro benzene ring substituents is 1. The number of hydrogen-bond acceptors (Lipinski definition) is 4. The van der Waals surface area contributed by atoms with Gasteiger partial charge in [0.1, 0.15) is 6.04 Å². The molecule has 6 nitrogen and oxygen atoms in total. The first-order chi connectivity index (χ1) is 8.58. The molecule has 2 rings (SSSR count). The Hall–Kier alpha value is -1.95. The summed E-state index contributed by atoms with van der Waals surface area (Å²) in [5.41, 5.74) is 0.878. The summed E-state index contributed by atoms with van der Waals surface area (Å²) in [6.45, 7) is 0.408. The molecular formula is C12H14N2O4. The molecule has 0 aromatic heterocycles. The zero-order chi connectivity index (χ0) is 13.1. The van der Waals surface area contributed by atoms with E-state index in [2.05, 4.69) is 5.32 Å². The average molecular weight is 250 g/mol. The zero-order valence-electron chi connectivity index (χ0n) is 9.70. The topological polar surface area (TPSA) is 92.5 Å². The normalized spacial score (nSPS) is 16.2. The van der Waals surface area contributed by atoms with Crippen LogP contribution in [0.3, 0.4) is 0 Å². The van der Waals surface area contributed by atoms with Gasteiger partial charge < -0.3 is 10.4 Å². The Balaban J connectivity index is 1.92. The fourth-order valence-corrected chi connectivity index (χ4v) is 1.85. The van der Waals surface area contributed by atoms with Crippen molar-refractivity contribution in [1.29, 1.82) is 0 Å². The standard InChI is InChI=1S/C12H14N2O4/c15-12(16)11(9-3-4-9)13-7-8-1-5-10(6-2-8)14(17)18/h1-2,5-6,9,11,13H,3-4,7H2,(H,15,16). The molecule has 0 radical (unpaired) electrons. The smallest absolute Gasteiger partial charge is 0.320 e. The minimum atomic E-state index is -0.834. The van der Waals surface area contributed by atoms with E-state index in [-0.39, 0.29) is 11.6 Å². The SMILES string of the molecule is O=C(O)C(NCc1ccc([N+](=O)[O-])cc1)C1CC1. The predicted molar refractivity (Wildman–Crippen MR) is 64.1 cm³/mol. The Morgan fingerprint density at radius 3 is 2.50 bits per heavy atom. The summed E-state index contributed by atoms with van der Waals surface area (Å²) < 4.78 is 0. The van der Waals surface area contributed by atoms with Gasteiger partial charge in [0.05, 0.1) is 4.92 Å². The maximum atomic E-state index is 11.0. The van der Waals surface area contributed by atoms with E-state index in [0.717, 1.165) is 18.4 Å². The Morgan fingerprint density at radius 2 is 2.06 bits per heavy atom. The molecule has 1 aromatic rings. The van der Waals surface area contributed by atoms with E-state index >= 15 is 0 Å². The lowest BCUT2D eigenvalue weighted by Gasteiger charge is -2.13. The summed E-state index contributed by atoms with van der Waals surface area (Å²) in [5.74, 6) is -0.611. The Morgan fingerprint density at radius 1 is 1.44 bits per heavy atom. The molecule has 1 fully saturated rings. The summed E-state index contributed by atoms with van der Waals surface area (Å²) in [7, 11) is 0. The minimum Gasteiger partial charge on any atom is -0.480 e. The monoisotopic (exact) mass is 250 g/mol. The number of aliphatic carboxylic acids is 1. The van der Waals surface area contributed by atoms with Crippen LogP contribution in [0.15, 0.2) is 24.3 Å². The third-order valence-corrected chi connectivity index (χ3v) is 3.03. The number of nitro groups is 1. The molecule has 0 saturated heterocycles. The summed E-state index contributed by atoms with van der Waals surface area (Å²) >= 11 is 0. The van der Waals surface area contributed by atoms with Crippen LogP contribution in [-0.4, -0.2) is 22.0 Å². The molecule has 1 unspecified atom stereocenters. The van der Waals surface area contributed by atoms with Gasteiger partial charge in [-0.25, -0.2) is 0 Å². The lowest BCUT2D eigenvalue weighted by molar-refractivity contribution is -0.384. The van der Waals surface area contributed by atoms with Crippen molar-refractivity contribution in [2.75, 3.05) is 0 Å². The molecule has 1 saturated carbocycles. The average Bonchev–Trinajstić information content (AvgIpc) is 3.14. The van der Waals surface area contributed by atoms with Crippen molar-refractivity contribution in [3.8, 4) is 0 Å². The molecule has 0 aliphatic heterocycles. The Labute approximate surface area is 104 Å². The largest absolute Gasteiger partial charge is 0.480 e. The third kappa shape index (κ3) is 3.04. The highest BCUT2D eigenvalue weighted by Crippen LogP contribution is 2.32. The van der Waals surface area contributed by atoms with Crippen molar-refractivity contribution in [2.24, 2.45) is 5.92 Å². The number of carbonyl (C=O) groups is 1. The number of carboxylic acid groups (broad SMARTS) is 1. The van der Waals surface area contributed by atoms with Crippen LogP contribution in [0.5, 0.6) is 0 Å². The molecule has 0 amide bonds. The van der Waals surface area contributed by atoms with Crippen LogP contribution in [0, 0.1) is 16.0 Å². The van der Waals surface area contributed by atoms with Gasteiger partial charge >= 0.3 is 5.97 Å². The van der Waals surface area contributed by atoms with Crippen molar-refractivity contribution >= 4 is 11.7 Å². The first-order valence-electron chi connectivity index (χ1n) is 5.77. The van der Waals surface area contributed by atoms with E-state index in [1.165, 1.54) is 12.1 Å². The van der Waals surface area contributed by atoms with Crippen LogP contribution in [0.2, 0.25) is 0 Å². The second kappa shape index (κ2) is 5.14. The molecule has 1 aromatic carbocycles. The first kappa shape index (κ1) is 12.5. The van der Waals surface area contributed by atoms with Crippen LogP contribution < -0.4 is 5.32 Å². The molecule has 18 heavy (non-hydrogen) atoms. The third-order valence-electron chi connectivity index (χ3n) is 3.03. The van der Waals surface area contributed by atoms with Gasteiger partial charge in [0.2, 0.25) is 0 Å². The number of non-ortho nitro benzene ring substituents is 1. The number of nitrogens with one attached hydrogen (secondary N) is 1. The first-order valence-corrected chi connectivity index (χ1v) is 5.77. The highest BCUT2D eigenvalue weighted by Gasteiger charge is 2.35. The molecular weight excluding hydrogens is 236 g/mol. The lowest BCUT2D eigenvalue weighted by atomic mass is 10.1. The molecule has 1 aliphatic carbocycles. The Bertz CT molecular complexity index is 454. The van der Waals surface area contributed by atoms with Crippen LogP contribution in [-0.2, 0) is 11.3 Å². The maximum absolute atomic E-state index is 11.0. The highest BCUT2D eigenvalue weighted by atomic mass is 16.6. The second-order valence-corrected chi connectivity index (χ2v) is 4.46. The van der Waals surface area contributed by atoms with Crippen LogP contribution >= 0.6 is 0 Å². The van der Waals surface area contributed by atoms with Gasteiger partial charge in [-0.15, -0.1) is 0 Å². The van der Waals surface area contributed by atoms with Crippen molar-refractivity contribution in [3.63, 3.8) is 0 Å². The second-order valence-electron chi connectivity index (χ2n) is 4.46. The summed E-state index contributed by atoms with van der Waals surface area (Å²) in [5, 5.41) is 22.5. The minimum absolute atomic E-state index is 0.0377. The zero-order valence-corrected chi connectivity index (χ0v) is 9.70. The number of nitrogens with zero attached hydrogens (tertiary/aromatic N) is 1. The van der Waals surface area contributed by atoms with E-state index in [4.69, 9.17) is 5.11 Å².